The zero-order valence-electron chi connectivity index (χ0n) is 7.83. The Morgan fingerprint density at radius 3 is 2.47 bits per heavy atom. The lowest BCUT2D eigenvalue weighted by Gasteiger charge is -2.07. The molecule has 1 N–H and O–H groups in total. The van der Waals surface area contributed by atoms with Crippen LogP contribution < -0.4 is 0 Å². The van der Waals surface area contributed by atoms with Gasteiger partial charge in [-0.1, -0.05) is 0 Å². The summed E-state index contributed by atoms with van der Waals surface area (Å²) in [6.45, 7) is 1.14. The van der Waals surface area contributed by atoms with Crippen molar-refractivity contribution in [1.82, 2.24) is 0 Å². The van der Waals surface area contributed by atoms with E-state index < -0.39 is 23.5 Å². The van der Waals surface area contributed by atoms with Gasteiger partial charge < -0.3 is 5.11 Å². The number of phenols is 1. The second-order valence-corrected chi connectivity index (χ2v) is 2.97. The third-order valence-corrected chi connectivity index (χ3v) is 1.94. The lowest BCUT2D eigenvalue weighted by Crippen LogP contribution is -2.00. The van der Waals surface area contributed by atoms with Crippen molar-refractivity contribution in [2.45, 2.75) is 13.3 Å². The summed E-state index contributed by atoms with van der Waals surface area (Å²) in [6.07, 6.45) is -2.64. The number of aromatic hydroxyl groups is 1. The lowest BCUT2D eigenvalue weighted by atomic mass is 10.0. The Balaban J connectivity index is 3.43. The SMILES string of the molecule is CC(=O)c1cc(C(F)F)c(C=O)cc1O. The van der Waals surface area contributed by atoms with Crippen LogP contribution in [0.1, 0.15) is 39.6 Å². The van der Waals surface area contributed by atoms with Gasteiger partial charge in [-0.05, 0) is 19.1 Å². The van der Waals surface area contributed by atoms with Gasteiger partial charge in [0.1, 0.15) is 5.75 Å². The van der Waals surface area contributed by atoms with Crippen LogP contribution in [-0.4, -0.2) is 17.2 Å². The predicted molar refractivity (Wildman–Crippen MR) is 48.5 cm³/mol. The van der Waals surface area contributed by atoms with Crippen LogP contribution in [0.15, 0.2) is 12.1 Å². The fraction of sp³-hybridized carbons (Fsp3) is 0.200. The number of benzene rings is 1. The molecule has 1 rings (SSSR count). The van der Waals surface area contributed by atoms with Crippen LogP contribution in [-0.2, 0) is 0 Å². The molecule has 0 atom stereocenters. The van der Waals surface area contributed by atoms with Crippen molar-refractivity contribution in [2.75, 3.05) is 0 Å². The molecule has 1 aromatic carbocycles. The van der Waals surface area contributed by atoms with E-state index in [4.69, 9.17) is 0 Å². The summed E-state index contributed by atoms with van der Waals surface area (Å²) in [5.74, 6) is -0.999. The second-order valence-electron chi connectivity index (χ2n) is 2.97. The molecule has 0 radical (unpaired) electrons. The van der Waals surface area contributed by atoms with Crippen LogP contribution in [0.4, 0.5) is 8.78 Å². The van der Waals surface area contributed by atoms with E-state index in [1.54, 1.807) is 0 Å². The van der Waals surface area contributed by atoms with Crippen LogP contribution in [0.2, 0.25) is 0 Å². The molecule has 0 spiro atoms. The minimum atomic E-state index is -2.86. The molecule has 15 heavy (non-hydrogen) atoms. The van der Waals surface area contributed by atoms with Crippen molar-refractivity contribution in [3.8, 4) is 5.75 Å². The number of halogens is 2. The van der Waals surface area contributed by atoms with Crippen molar-refractivity contribution in [3.05, 3.63) is 28.8 Å². The summed E-state index contributed by atoms with van der Waals surface area (Å²) < 4.78 is 24.9. The van der Waals surface area contributed by atoms with E-state index in [0.717, 1.165) is 19.1 Å². The molecule has 0 saturated heterocycles. The highest BCUT2D eigenvalue weighted by molar-refractivity contribution is 5.98. The summed E-state index contributed by atoms with van der Waals surface area (Å²) in [4.78, 5) is 21.4. The van der Waals surface area contributed by atoms with Gasteiger partial charge in [0.2, 0.25) is 0 Å². The molecular weight excluding hydrogens is 206 g/mol. The van der Waals surface area contributed by atoms with Crippen molar-refractivity contribution in [2.24, 2.45) is 0 Å². The first-order valence-electron chi connectivity index (χ1n) is 4.08. The van der Waals surface area contributed by atoms with Crippen LogP contribution in [0, 0.1) is 0 Å². The van der Waals surface area contributed by atoms with Gasteiger partial charge in [-0.15, -0.1) is 0 Å². The van der Waals surface area contributed by atoms with Crippen molar-refractivity contribution in [3.63, 3.8) is 0 Å². The van der Waals surface area contributed by atoms with Crippen LogP contribution in [0.3, 0.4) is 0 Å². The fourth-order valence-electron chi connectivity index (χ4n) is 1.19. The van der Waals surface area contributed by atoms with Gasteiger partial charge in [-0.2, -0.15) is 0 Å². The average Bonchev–Trinajstić information content (AvgIpc) is 2.16. The average molecular weight is 214 g/mol. The predicted octanol–water partition coefficient (Wildman–Crippen LogP) is 2.34. The van der Waals surface area contributed by atoms with Crippen molar-refractivity contribution >= 4 is 12.1 Å². The first-order chi connectivity index (χ1) is 6.97. The van der Waals surface area contributed by atoms with Gasteiger partial charge in [-0.3, -0.25) is 9.59 Å². The molecule has 0 aliphatic rings. The zero-order chi connectivity index (χ0) is 11.6. The van der Waals surface area contributed by atoms with Crippen molar-refractivity contribution in [1.29, 1.82) is 0 Å². The maximum Gasteiger partial charge on any atom is 0.264 e. The van der Waals surface area contributed by atoms with E-state index in [9.17, 15) is 23.5 Å². The molecular formula is C10H8F2O3. The minimum Gasteiger partial charge on any atom is -0.507 e. The third-order valence-electron chi connectivity index (χ3n) is 1.94. The molecule has 1 aromatic rings. The zero-order valence-corrected chi connectivity index (χ0v) is 7.83. The molecule has 0 saturated carbocycles. The van der Waals surface area contributed by atoms with Gasteiger partial charge in [-0.25, -0.2) is 8.78 Å². The fourth-order valence-corrected chi connectivity index (χ4v) is 1.19. The number of aldehydes is 1. The van der Waals surface area contributed by atoms with E-state index in [2.05, 4.69) is 0 Å². The Morgan fingerprint density at radius 2 is 2.07 bits per heavy atom. The van der Waals surface area contributed by atoms with Gasteiger partial charge in [0.05, 0.1) is 5.56 Å². The molecule has 0 heterocycles. The molecule has 0 unspecified atom stereocenters. The number of phenolic OH excluding ortho intramolecular Hbond substituents is 1. The van der Waals surface area contributed by atoms with E-state index in [1.807, 2.05) is 0 Å². The number of ketones is 1. The van der Waals surface area contributed by atoms with E-state index in [0.29, 0.717) is 0 Å². The van der Waals surface area contributed by atoms with Crippen molar-refractivity contribution < 1.29 is 23.5 Å². The number of rotatable bonds is 3. The highest BCUT2D eigenvalue weighted by atomic mass is 19.3. The van der Waals surface area contributed by atoms with Gasteiger partial charge in [0.15, 0.2) is 12.1 Å². The summed E-state index contributed by atoms with van der Waals surface area (Å²) in [6, 6.07) is 1.71. The topological polar surface area (TPSA) is 54.4 Å². The molecule has 80 valence electrons. The number of carbonyl (C=O) groups is 2. The Hall–Kier alpha value is -1.78. The van der Waals surface area contributed by atoms with Crippen LogP contribution in [0.5, 0.6) is 5.75 Å². The highest BCUT2D eigenvalue weighted by Gasteiger charge is 2.17. The number of carbonyl (C=O) groups excluding carboxylic acids is 2. The molecule has 0 fully saturated rings. The summed E-state index contributed by atoms with van der Waals surface area (Å²) >= 11 is 0. The monoisotopic (exact) mass is 214 g/mol. The number of hydrogen-bond donors (Lipinski definition) is 1. The Kier molecular flexibility index (Phi) is 3.14. The van der Waals surface area contributed by atoms with Crippen LogP contribution >= 0.6 is 0 Å². The molecule has 0 amide bonds. The smallest absolute Gasteiger partial charge is 0.264 e. The van der Waals surface area contributed by atoms with E-state index in [-0.39, 0.29) is 17.4 Å². The largest absolute Gasteiger partial charge is 0.507 e. The maximum atomic E-state index is 12.4. The molecule has 0 aliphatic carbocycles. The molecule has 0 bridgehead atoms. The highest BCUT2D eigenvalue weighted by Crippen LogP contribution is 2.28. The second kappa shape index (κ2) is 4.16. The Morgan fingerprint density at radius 1 is 1.47 bits per heavy atom. The Labute approximate surface area is 84.3 Å². The first kappa shape index (κ1) is 11.3. The summed E-state index contributed by atoms with van der Waals surface area (Å²) in [5.41, 5.74) is -1.07. The van der Waals surface area contributed by atoms with E-state index >= 15 is 0 Å². The summed E-state index contributed by atoms with van der Waals surface area (Å²) in [5, 5.41) is 9.27. The maximum absolute atomic E-state index is 12.4. The van der Waals surface area contributed by atoms with Gasteiger partial charge >= 0.3 is 0 Å². The first-order valence-corrected chi connectivity index (χ1v) is 4.08. The number of alkyl halides is 2. The molecule has 0 aliphatic heterocycles. The van der Waals surface area contributed by atoms with E-state index in [1.165, 1.54) is 0 Å². The van der Waals surface area contributed by atoms with Gasteiger partial charge in [0, 0.05) is 11.1 Å². The molecule has 0 aromatic heterocycles. The molecule has 3 nitrogen and oxygen atoms in total. The Bertz CT molecular complexity index is 413. The minimum absolute atomic E-state index is 0.212. The molecule has 5 heteroatoms. The standard InChI is InChI=1S/C10H8F2O3/c1-5(14)7-3-8(10(11)12)6(4-13)2-9(7)15/h2-4,10,15H,1H3. The summed E-state index contributed by atoms with van der Waals surface area (Å²) in [7, 11) is 0. The lowest BCUT2D eigenvalue weighted by molar-refractivity contribution is 0.101. The number of hydrogen-bond acceptors (Lipinski definition) is 3. The normalized spacial score (nSPS) is 10.4. The van der Waals surface area contributed by atoms with Crippen LogP contribution in [0.25, 0.3) is 0 Å². The third kappa shape index (κ3) is 2.18. The number of Topliss-reactive ketones (excluding diaryl/α,β-unsaturated/α-hetero) is 1. The quantitative estimate of drug-likeness (QED) is 0.620. The van der Waals surface area contributed by atoms with Gasteiger partial charge in [0.25, 0.3) is 6.43 Å².